The number of benzene rings is 1. The molecule has 2 N–H and O–H groups in total. The molecule has 1 saturated heterocycles. The number of rotatable bonds is 7. The fourth-order valence-electron chi connectivity index (χ4n) is 3.22. The van der Waals surface area contributed by atoms with Gasteiger partial charge in [-0.1, -0.05) is 38.1 Å². The third kappa shape index (κ3) is 5.63. The predicted molar refractivity (Wildman–Crippen MR) is 91.4 cm³/mol. The van der Waals surface area contributed by atoms with Crippen LogP contribution in [-0.2, 0) is 11.2 Å². The van der Waals surface area contributed by atoms with Crippen molar-refractivity contribution >= 4 is 5.97 Å². The number of aliphatic hydroxyl groups excluding tert-OH is 1. The van der Waals surface area contributed by atoms with Gasteiger partial charge in [-0.2, -0.15) is 0 Å². The van der Waals surface area contributed by atoms with E-state index in [0.29, 0.717) is 12.3 Å². The molecule has 0 bridgehead atoms. The molecule has 128 valence electrons. The summed E-state index contributed by atoms with van der Waals surface area (Å²) >= 11 is 0. The van der Waals surface area contributed by atoms with Crippen LogP contribution in [-0.4, -0.2) is 40.7 Å². The quantitative estimate of drug-likeness (QED) is 0.811. The number of carboxylic acids is 1. The topological polar surface area (TPSA) is 60.8 Å². The summed E-state index contributed by atoms with van der Waals surface area (Å²) in [4.78, 5) is 13.2. The lowest BCUT2D eigenvalue weighted by atomic mass is 9.96. The van der Waals surface area contributed by atoms with Gasteiger partial charge in [0.15, 0.2) is 0 Å². The van der Waals surface area contributed by atoms with Crippen LogP contribution in [0.5, 0.6) is 0 Å². The summed E-state index contributed by atoms with van der Waals surface area (Å²) in [6, 6.07) is 8.27. The summed E-state index contributed by atoms with van der Waals surface area (Å²) in [7, 11) is 0. The Hall–Kier alpha value is -1.39. The average Bonchev–Trinajstić information content (AvgIpc) is 2.53. The molecular weight excluding hydrogens is 290 g/mol. The largest absolute Gasteiger partial charge is 0.481 e. The minimum atomic E-state index is -0.675. The number of likely N-dealkylation sites (tertiary alicyclic amines) is 1. The Labute approximate surface area is 139 Å². The van der Waals surface area contributed by atoms with E-state index in [2.05, 4.69) is 30.9 Å². The lowest BCUT2D eigenvalue weighted by Crippen LogP contribution is -2.37. The Bertz CT molecular complexity index is 490. The molecule has 0 amide bonds. The summed E-state index contributed by atoms with van der Waals surface area (Å²) in [5, 5.41) is 19.4. The number of hydrogen-bond acceptors (Lipinski definition) is 3. The van der Waals surface area contributed by atoms with Crippen LogP contribution in [0.2, 0.25) is 0 Å². The zero-order chi connectivity index (χ0) is 16.8. The van der Waals surface area contributed by atoms with E-state index >= 15 is 0 Å². The zero-order valence-corrected chi connectivity index (χ0v) is 14.2. The van der Waals surface area contributed by atoms with Crippen molar-refractivity contribution < 1.29 is 15.0 Å². The molecule has 0 aliphatic carbocycles. The number of nitrogens with zero attached hydrogens (tertiary/aromatic N) is 1. The van der Waals surface area contributed by atoms with Crippen molar-refractivity contribution in [2.24, 2.45) is 11.8 Å². The van der Waals surface area contributed by atoms with Crippen molar-refractivity contribution in [2.45, 2.75) is 45.6 Å². The van der Waals surface area contributed by atoms with E-state index in [1.165, 1.54) is 5.56 Å². The first-order valence-electron chi connectivity index (χ1n) is 8.67. The maximum atomic E-state index is 10.9. The van der Waals surface area contributed by atoms with Crippen LogP contribution in [0, 0.1) is 11.8 Å². The van der Waals surface area contributed by atoms with E-state index in [-0.39, 0.29) is 5.92 Å². The van der Waals surface area contributed by atoms with E-state index in [9.17, 15) is 9.90 Å². The lowest BCUT2D eigenvalue weighted by Gasteiger charge is -2.30. The van der Waals surface area contributed by atoms with Gasteiger partial charge in [-0.3, -0.25) is 4.79 Å². The van der Waals surface area contributed by atoms with Crippen LogP contribution in [0.4, 0.5) is 0 Å². The van der Waals surface area contributed by atoms with Crippen molar-refractivity contribution in [3.8, 4) is 0 Å². The highest BCUT2D eigenvalue weighted by molar-refractivity contribution is 5.70. The van der Waals surface area contributed by atoms with Crippen LogP contribution in [0.3, 0.4) is 0 Å². The molecule has 23 heavy (non-hydrogen) atoms. The molecule has 1 aliphatic heterocycles. The Morgan fingerprint density at radius 3 is 2.35 bits per heavy atom. The average molecular weight is 319 g/mol. The highest BCUT2D eigenvalue weighted by Crippen LogP contribution is 2.21. The van der Waals surface area contributed by atoms with Gasteiger partial charge in [0, 0.05) is 6.54 Å². The molecule has 4 nitrogen and oxygen atoms in total. The smallest absolute Gasteiger partial charge is 0.306 e. The third-order valence-corrected chi connectivity index (χ3v) is 4.66. The van der Waals surface area contributed by atoms with Crippen molar-refractivity contribution in [2.75, 3.05) is 19.6 Å². The minimum Gasteiger partial charge on any atom is -0.481 e. The molecular formula is C19H29NO3. The van der Waals surface area contributed by atoms with Crippen LogP contribution < -0.4 is 0 Å². The fraction of sp³-hybridized carbons (Fsp3) is 0.632. The second-order valence-electron chi connectivity index (χ2n) is 7.10. The lowest BCUT2D eigenvalue weighted by molar-refractivity contribution is -0.143. The molecule has 1 aromatic carbocycles. The number of aliphatic hydroxyl groups is 1. The molecule has 2 rings (SSSR count). The highest BCUT2D eigenvalue weighted by atomic mass is 16.4. The molecule has 0 radical (unpaired) electrons. The molecule has 0 aromatic heterocycles. The van der Waals surface area contributed by atoms with Gasteiger partial charge in [-0.15, -0.1) is 0 Å². The fourth-order valence-corrected chi connectivity index (χ4v) is 3.22. The predicted octanol–water partition coefficient (Wildman–Crippen LogP) is 3.11. The van der Waals surface area contributed by atoms with Gasteiger partial charge in [0.1, 0.15) is 0 Å². The monoisotopic (exact) mass is 319 g/mol. The van der Waals surface area contributed by atoms with Crippen molar-refractivity contribution in [3.05, 3.63) is 35.4 Å². The molecule has 1 unspecified atom stereocenters. The maximum absolute atomic E-state index is 10.9. The molecule has 1 aliphatic rings. The molecule has 4 heteroatoms. The van der Waals surface area contributed by atoms with Gasteiger partial charge >= 0.3 is 5.97 Å². The Kier molecular flexibility index (Phi) is 6.60. The summed E-state index contributed by atoms with van der Waals surface area (Å²) in [6.07, 6.45) is 2.75. The SMILES string of the molecule is CC(C)Cc1ccc(C(O)CCN2CCC(C(=O)O)CC2)cc1. The van der Waals surface area contributed by atoms with Gasteiger partial charge in [0.25, 0.3) is 0 Å². The summed E-state index contributed by atoms with van der Waals surface area (Å²) in [5.74, 6) is -0.227. The van der Waals surface area contributed by atoms with Crippen molar-refractivity contribution in [1.29, 1.82) is 0 Å². The molecule has 0 spiro atoms. The zero-order valence-electron chi connectivity index (χ0n) is 14.2. The Morgan fingerprint density at radius 1 is 1.22 bits per heavy atom. The number of carboxylic acid groups (broad SMARTS) is 1. The van der Waals surface area contributed by atoms with E-state index in [1.807, 2.05) is 12.1 Å². The van der Waals surface area contributed by atoms with E-state index in [4.69, 9.17) is 5.11 Å². The summed E-state index contributed by atoms with van der Waals surface area (Å²) in [6.45, 7) is 6.86. The van der Waals surface area contributed by atoms with Crippen LogP contribution >= 0.6 is 0 Å². The van der Waals surface area contributed by atoms with Crippen LogP contribution in [0.1, 0.15) is 50.3 Å². The molecule has 1 fully saturated rings. The number of piperidine rings is 1. The van der Waals surface area contributed by atoms with Gasteiger partial charge < -0.3 is 15.1 Å². The summed E-state index contributed by atoms with van der Waals surface area (Å²) < 4.78 is 0. The van der Waals surface area contributed by atoms with Gasteiger partial charge in [-0.25, -0.2) is 0 Å². The first-order chi connectivity index (χ1) is 11.0. The normalized spacial score (nSPS) is 18.3. The van der Waals surface area contributed by atoms with Gasteiger partial charge in [-0.05, 0) is 55.8 Å². The van der Waals surface area contributed by atoms with Crippen molar-refractivity contribution in [3.63, 3.8) is 0 Å². The second kappa shape index (κ2) is 8.46. The second-order valence-corrected chi connectivity index (χ2v) is 7.10. The van der Waals surface area contributed by atoms with Crippen molar-refractivity contribution in [1.82, 2.24) is 4.90 Å². The van der Waals surface area contributed by atoms with Gasteiger partial charge in [0.2, 0.25) is 0 Å². The maximum Gasteiger partial charge on any atom is 0.306 e. The Morgan fingerprint density at radius 2 is 1.83 bits per heavy atom. The number of carbonyl (C=O) groups is 1. The molecule has 1 atom stereocenters. The highest BCUT2D eigenvalue weighted by Gasteiger charge is 2.24. The van der Waals surface area contributed by atoms with E-state index < -0.39 is 12.1 Å². The first-order valence-corrected chi connectivity index (χ1v) is 8.67. The molecule has 1 aromatic rings. The van der Waals surface area contributed by atoms with Gasteiger partial charge in [0.05, 0.1) is 12.0 Å². The van der Waals surface area contributed by atoms with E-state index in [1.54, 1.807) is 0 Å². The standard InChI is InChI=1S/C19H29NO3/c1-14(2)13-15-3-5-16(6-4-15)18(21)9-12-20-10-7-17(8-11-20)19(22)23/h3-6,14,17-18,21H,7-13H2,1-2H3,(H,22,23). The first kappa shape index (κ1) is 18.0. The minimum absolute atomic E-state index is 0.190. The number of hydrogen-bond donors (Lipinski definition) is 2. The third-order valence-electron chi connectivity index (χ3n) is 4.66. The molecule has 1 heterocycles. The van der Waals surface area contributed by atoms with Crippen LogP contribution in [0.25, 0.3) is 0 Å². The van der Waals surface area contributed by atoms with Crippen LogP contribution in [0.15, 0.2) is 24.3 Å². The van der Waals surface area contributed by atoms with E-state index in [0.717, 1.165) is 44.5 Å². The number of aliphatic carboxylic acids is 1. The molecule has 0 saturated carbocycles. The Balaban J connectivity index is 1.76. The summed E-state index contributed by atoms with van der Waals surface area (Å²) in [5.41, 5.74) is 2.28.